The van der Waals surface area contributed by atoms with Gasteiger partial charge in [0.05, 0.1) is 18.5 Å². The molecule has 6 heteroatoms. The van der Waals surface area contributed by atoms with Gasteiger partial charge in [0, 0.05) is 19.2 Å². The maximum absolute atomic E-state index is 12.9. The van der Waals surface area contributed by atoms with Crippen LogP contribution in [0.4, 0.5) is 0 Å². The first kappa shape index (κ1) is 17.0. The molecule has 1 N–H and O–H groups in total. The van der Waals surface area contributed by atoms with E-state index in [0.717, 1.165) is 16.8 Å². The predicted molar refractivity (Wildman–Crippen MR) is 98.6 cm³/mol. The Hall–Kier alpha value is -3.41. The Balaban J connectivity index is 1.57. The molecule has 1 unspecified atom stereocenters. The largest absolute Gasteiger partial charge is 0.459 e. The number of aromatic nitrogens is 1. The molecule has 0 radical (unpaired) electrons. The Kier molecular flexibility index (Phi) is 4.70. The maximum atomic E-state index is 12.9. The van der Waals surface area contributed by atoms with Crippen molar-refractivity contribution < 1.29 is 14.0 Å². The highest BCUT2D eigenvalue weighted by Gasteiger charge is 2.35. The van der Waals surface area contributed by atoms with Gasteiger partial charge in [-0.25, -0.2) is 0 Å². The van der Waals surface area contributed by atoms with Crippen molar-refractivity contribution in [3.05, 3.63) is 89.6 Å². The van der Waals surface area contributed by atoms with Crippen LogP contribution in [0.5, 0.6) is 0 Å². The zero-order valence-corrected chi connectivity index (χ0v) is 14.7. The number of rotatable bonds is 4. The maximum Gasteiger partial charge on any atom is 0.290 e. The lowest BCUT2D eigenvalue weighted by Gasteiger charge is -2.35. The first-order chi connectivity index (χ1) is 13.2. The van der Waals surface area contributed by atoms with E-state index < -0.39 is 6.04 Å². The van der Waals surface area contributed by atoms with Crippen LogP contribution in [-0.2, 0) is 24.3 Å². The van der Waals surface area contributed by atoms with E-state index in [9.17, 15) is 9.59 Å². The Morgan fingerprint density at radius 1 is 1.07 bits per heavy atom. The lowest BCUT2D eigenvalue weighted by molar-refractivity contribution is -0.126. The van der Waals surface area contributed by atoms with Crippen molar-refractivity contribution in [2.45, 2.75) is 25.6 Å². The number of nitrogens with one attached hydrogen (secondary N) is 1. The summed E-state index contributed by atoms with van der Waals surface area (Å²) in [7, 11) is 0. The molecule has 3 aromatic rings. The summed E-state index contributed by atoms with van der Waals surface area (Å²) in [6.45, 7) is 0.692. The number of carbonyl (C=O) groups excluding carboxylic acids is 2. The van der Waals surface area contributed by atoms with E-state index >= 15 is 0 Å². The SMILES string of the molecule is O=C(NCc1ccccn1)C1Cc2ccccc2CN1C(=O)c1ccco1. The number of benzene rings is 1. The smallest absolute Gasteiger partial charge is 0.290 e. The van der Waals surface area contributed by atoms with Gasteiger partial charge in [-0.1, -0.05) is 30.3 Å². The molecule has 6 nitrogen and oxygen atoms in total. The zero-order chi connectivity index (χ0) is 18.6. The number of pyridine rings is 1. The highest BCUT2D eigenvalue weighted by atomic mass is 16.3. The van der Waals surface area contributed by atoms with Crippen molar-refractivity contribution in [2.24, 2.45) is 0 Å². The van der Waals surface area contributed by atoms with E-state index in [-0.39, 0.29) is 17.6 Å². The summed E-state index contributed by atoms with van der Waals surface area (Å²) < 4.78 is 5.26. The van der Waals surface area contributed by atoms with Crippen molar-refractivity contribution in [1.82, 2.24) is 15.2 Å². The summed E-state index contributed by atoms with van der Waals surface area (Å²) in [6, 6.07) is 16.1. The van der Waals surface area contributed by atoms with Crippen molar-refractivity contribution >= 4 is 11.8 Å². The van der Waals surface area contributed by atoms with Crippen LogP contribution in [-0.4, -0.2) is 27.7 Å². The molecule has 1 aromatic carbocycles. The summed E-state index contributed by atoms with van der Waals surface area (Å²) in [5.41, 5.74) is 2.90. The Bertz CT molecular complexity index is 938. The van der Waals surface area contributed by atoms with Gasteiger partial charge >= 0.3 is 0 Å². The van der Waals surface area contributed by atoms with Gasteiger partial charge in [-0.05, 0) is 35.4 Å². The second-order valence-corrected chi connectivity index (χ2v) is 6.44. The van der Waals surface area contributed by atoms with Crippen molar-refractivity contribution in [3.63, 3.8) is 0 Å². The summed E-state index contributed by atoms with van der Waals surface area (Å²) in [5.74, 6) is -0.251. The first-order valence-corrected chi connectivity index (χ1v) is 8.81. The first-order valence-electron chi connectivity index (χ1n) is 8.81. The van der Waals surface area contributed by atoms with Crippen LogP contribution in [0, 0.1) is 0 Å². The van der Waals surface area contributed by atoms with Crippen LogP contribution >= 0.6 is 0 Å². The molecule has 0 fully saturated rings. The minimum absolute atomic E-state index is 0.199. The van der Waals surface area contributed by atoms with Crippen LogP contribution in [0.2, 0.25) is 0 Å². The molecule has 2 amide bonds. The molecule has 0 saturated heterocycles. The average molecular weight is 361 g/mol. The Labute approximate surface area is 156 Å². The van der Waals surface area contributed by atoms with Crippen LogP contribution < -0.4 is 5.32 Å². The Morgan fingerprint density at radius 3 is 2.63 bits per heavy atom. The van der Waals surface area contributed by atoms with E-state index in [2.05, 4.69) is 10.3 Å². The molecule has 0 aliphatic carbocycles. The number of carbonyl (C=O) groups is 2. The molecular formula is C21H19N3O3. The molecule has 136 valence electrons. The molecular weight excluding hydrogens is 342 g/mol. The molecule has 27 heavy (non-hydrogen) atoms. The second-order valence-electron chi connectivity index (χ2n) is 6.44. The highest BCUT2D eigenvalue weighted by Crippen LogP contribution is 2.25. The molecule has 1 aliphatic heterocycles. The third-order valence-electron chi connectivity index (χ3n) is 4.71. The standard InChI is InChI=1S/C21H19N3O3/c25-20(23-13-17-8-3-4-10-22-17)18-12-15-6-1-2-7-16(15)14-24(18)21(26)19-9-5-11-27-19/h1-11,18H,12-14H2,(H,23,25). The van der Waals surface area contributed by atoms with Crippen LogP contribution in [0.1, 0.15) is 27.4 Å². The van der Waals surface area contributed by atoms with E-state index in [1.54, 1.807) is 23.2 Å². The normalized spacial score (nSPS) is 15.9. The quantitative estimate of drug-likeness (QED) is 0.775. The van der Waals surface area contributed by atoms with Gasteiger partial charge in [0.1, 0.15) is 6.04 Å². The van der Waals surface area contributed by atoms with Crippen LogP contribution in [0.25, 0.3) is 0 Å². The van der Waals surface area contributed by atoms with E-state index in [0.29, 0.717) is 19.5 Å². The zero-order valence-electron chi connectivity index (χ0n) is 14.7. The summed E-state index contributed by atoms with van der Waals surface area (Å²) in [4.78, 5) is 31.6. The lowest BCUT2D eigenvalue weighted by atomic mass is 9.93. The fraction of sp³-hybridized carbons (Fsp3) is 0.190. The monoisotopic (exact) mass is 361 g/mol. The van der Waals surface area contributed by atoms with E-state index in [1.165, 1.54) is 6.26 Å². The van der Waals surface area contributed by atoms with Crippen molar-refractivity contribution in [1.29, 1.82) is 0 Å². The average Bonchev–Trinajstić information content (AvgIpc) is 3.26. The second kappa shape index (κ2) is 7.45. The summed E-state index contributed by atoms with van der Waals surface area (Å²) in [5, 5.41) is 2.90. The molecule has 1 aliphatic rings. The van der Waals surface area contributed by atoms with E-state index in [4.69, 9.17) is 4.42 Å². The minimum Gasteiger partial charge on any atom is -0.459 e. The molecule has 4 rings (SSSR count). The van der Waals surface area contributed by atoms with Crippen LogP contribution in [0.15, 0.2) is 71.5 Å². The number of fused-ring (bicyclic) bond motifs is 1. The van der Waals surface area contributed by atoms with Crippen LogP contribution in [0.3, 0.4) is 0 Å². The van der Waals surface area contributed by atoms with Gasteiger partial charge in [-0.2, -0.15) is 0 Å². The van der Waals surface area contributed by atoms with Crippen molar-refractivity contribution in [2.75, 3.05) is 0 Å². The highest BCUT2D eigenvalue weighted by molar-refractivity contribution is 5.96. The summed E-state index contributed by atoms with van der Waals surface area (Å²) >= 11 is 0. The third-order valence-corrected chi connectivity index (χ3v) is 4.71. The molecule has 1 atom stereocenters. The molecule has 0 saturated carbocycles. The minimum atomic E-state index is -0.596. The van der Waals surface area contributed by atoms with Gasteiger partial charge in [0.2, 0.25) is 5.91 Å². The van der Waals surface area contributed by atoms with Gasteiger partial charge in [-0.15, -0.1) is 0 Å². The lowest BCUT2D eigenvalue weighted by Crippen LogP contribution is -2.52. The van der Waals surface area contributed by atoms with Gasteiger partial charge < -0.3 is 14.6 Å². The van der Waals surface area contributed by atoms with Crippen molar-refractivity contribution in [3.8, 4) is 0 Å². The number of hydrogen-bond acceptors (Lipinski definition) is 4. The molecule has 0 bridgehead atoms. The Morgan fingerprint density at radius 2 is 1.89 bits per heavy atom. The fourth-order valence-electron chi connectivity index (χ4n) is 3.31. The number of hydrogen-bond donors (Lipinski definition) is 1. The number of furan rings is 1. The van der Waals surface area contributed by atoms with Gasteiger partial charge in [0.25, 0.3) is 5.91 Å². The van der Waals surface area contributed by atoms with Gasteiger partial charge in [0.15, 0.2) is 5.76 Å². The molecule has 2 aromatic heterocycles. The third kappa shape index (κ3) is 3.60. The number of nitrogens with zero attached hydrogens (tertiary/aromatic N) is 2. The fourth-order valence-corrected chi connectivity index (χ4v) is 3.31. The van der Waals surface area contributed by atoms with Gasteiger partial charge in [-0.3, -0.25) is 14.6 Å². The summed E-state index contributed by atoms with van der Waals surface area (Å²) in [6.07, 6.45) is 3.61. The van der Waals surface area contributed by atoms with E-state index in [1.807, 2.05) is 42.5 Å². The molecule has 3 heterocycles. The number of amides is 2. The molecule has 0 spiro atoms. The topological polar surface area (TPSA) is 75.4 Å². The predicted octanol–water partition coefficient (Wildman–Crippen LogP) is 2.56.